The van der Waals surface area contributed by atoms with Crippen LogP contribution in [0.5, 0.6) is 0 Å². The zero-order chi connectivity index (χ0) is 12.1. The van der Waals surface area contributed by atoms with Gasteiger partial charge in [-0.05, 0) is 66.2 Å². The van der Waals surface area contributed by atoms with E-state index >= 15 is 0 Å². The fourth-order valence-electron chi connectivity index (χ4n) is 1.57. The molecule has 0 aromatic heterocycles. The minimum Gasteiger partial charge on any atom is -0.307 e. The predicted octanol–water partition coefficient (Wildman–Crippen LogP) is 4.67. The third kappa shape index (κ3) is 3.86. The van der Waals surface area contributed by atoms with Crippen LogP contribution in [0.2, 0.25) is 0 Å². The van der Waals surface area contributed by atoms with Crippen LogP contribution in [-0.2, 0) is 0 Å². The smallest absolute Gasteiger partial charge is 0.0542 e. The second-order valence-electron chi connectivity index (χ2n) is 3.90. The van der Waals surface area contributed by atoms with Gasteiger partial charge in [-0.1, -0.05) is 35.0 Å². The van der Waals surface area contributed by atoms with Gasteiger partial charge in [0, 0.05) is 8.04 Å². The SMILES string of the molecule is C=C(C)C(NCCC)c1cc(I)ccc1Br. The minimum absolute atomic E-state index is 0.240. The summed E-state index contributed by atoms with van der Waals surface area (Å²) in [5.74, 6) is 0. The van der Waals surface area contributed by atoms with E-state index in [2.05, 4.69) is 82.5 Å². The molecular weight excluding hydrogens is 377 g/mol. The van der Waals surface area contributed by atoms with E-state index in [4.69, 9.17) is 0 Å². The zero-order valence-corrected chi connectivity index (χ0v) is 13.4. The Balaban J connectivity index is 3.00. The van der Waals surface area contributed by atoms with Crippen LogP contribution in [0.15, 0.2) is 34.8 Å². The van der Waals surface area contributed by atoms with E-state index in [0.29, 0.717) is 0 Å². The van der Waals surface area contributed by atoms with Crippen LogP contribution in [0.3, 0.4) is 0 Å². The van der Waals surface area contributed by atoms with E-state index in [9.17, 15) is 0 Å². The van der Waals surface area contributed by atoms with Gasteiger partial charge < -0.3 is 5.32 Å². The summed E-state index contributed by atoms with van der Waals surface area (Å²) in [5.41, 5.74) is 2.42. The predicted molar refractivity (Wildman–Crippen MR) is 82.7 cm³/mol. The zero-order valence-electron chi connectivity index (χ0n) is 9.69. The summed E-state index contributed by atoms with van der Waals surface area (Å²) in [7, 11) is 0. The molecule has 0 aliphatic rings. The second-order valence-corrected chi connectivity index (χ2v) is 6.00. The van der Waals surface area contributed by atoms with E-state index in [-0.39, 0.29) is 6.04 Å². The van der Waals surface area contributed by atoms with Crippen LogP contribution >= 0.6 is 38.5 Å². The van der Waals surface area contributed by atoms with Gasteiger partial charge in [-0.3, -0.25) is 0 Å². The number of halogens is 2. The van der Waals surface area contributed by atoms with Crippen molar-refractivity contribution in [2.24, 2.45) is 0 Å². The van der Waals surface area contributed by atoms with Crippen molar-refractivity contribution in [1.82, 2.24) is 5.32 Å². The highest BCUT2D eigenvalue weighted by molar-refractivity contribution is 14.1. The average molecular weight is 394 g/mol. The van der Waals surface area contributed by atoms with Crippen molar-refractivity contribution in [3.8, 4) is 0 Å². The maximum absolute atomic E-state index is 4.07. The molecule has 0 aliphatic carbocycles. The molecule has 0 fully saturated rings. The molecule has 1 atom stereocenters. The Morgan fingerprint density at radius 2 is 2.25 bits per heavy atom. The molecule has 1 nitrogen and oxygen atoms in total. The third-order valence-corrected chi connectivity index (χ3v) is 3.75. The minimum atomic E-state index is 0.240. The molecular formula is C13H17BrIN. The van der Waals surface area contributed by atoms with Gasteiger partial charge in [0.25, 0.3) is 0 Å². The fourth-order valence-corrected chi connectivity index (χ4v) is 2.56. The molecule has 0 saturated heterocycles. The van der Waals surface area contributed by atoms with Gasteiger partial charge in [0.15, 0.2) is 0 Å². The summed E-state index contributed by atoms with van der Waals surface area (Å²) < 4.78 is 2.39. The van der Waals surface area contributed by atoms with Crippen molar-refractivity contribution >= 4 is 38.5 Å². The first-order valence-corrected chi connectivity index (χ1v) is 7.27. The molecule has 1 unspecified atom stereocenters. The monoisotopic (exact) mass is 393 g/mol. The first-order valence-electron chi connectivity index (χ1n) is 5.40. The molecule has 0 aliphatic heterocycles. The van der Waals surface area contributed by atoms with Crippen molar-refractivity contribution in [3.05, 3.63) is 44.0 Å². The van der Waals surface area contributed by atoms with Crippen LogP contribution in [-0.4, -0.2) is 6.54 Å². The molecule has 16 heavy (non-hydrogen) atoms. The van der Waals surface area contributed by atoms with E-state index in [1.165, 1.54) is 9.13 Å². The van der Waals surface area contributed by atoms with E-state index in [0.717, 1.165) is 23.0 Å². The summed E-state index contributed by atoms with van der Waals surface area (Å²) >= 11 is 5.95. The standard InChI is InChI=1S/C13H17BrIN/c1-4-7-16-13(9(2)3)11-8-10(15)5-6-12(11)14/h5-6,8,13,16H,2,4,7H2,1,3H3. The van der Waals surface area contributed by atoms with Crippen molar-refractivity contribution in [3.63, 3.8) is 0 Å². The van der Waals surface area contributed by atoms with Gasteiger partial charge in [-0.15, -0.1) is 0 Å². The molecule has 0 spiro atoms. The van der Waals surface area contributed by atoms with Gasteiger partial charge >= 0.3 is 0 Å². The number of nitrogens with one attached hydrogen (secondary N) is 1. The first kappa shape index (κ1) is 14.2. The van der Waals surface area contributed by atoms with Crippen molar-refractivity contribution in [1.29, 1.82) is 0 Å². The molecule has 0 bridgehead atoms. The molecule has 88 valence electrons. The largest absolute Gasteiger partial charge is 0.307 e. The van der Waals surface area contributed by atoms with Gasteiger partial charge in [0.05, 0.1) is 6.04 Å². The lowest BCUT2D eigenvalue weighted by atomic mass is 10.0. The van der Waals surface area contributed by atoms with Crippen LogP contribution in [0.25, 0.3) is 0 Å². The summed E-state index contributed by atoms with van der Waals surface area (Å²) in [6.07, 6.45) is 1.13. The second kappa shape index (κ2) is 6.77. The molecule has 0 amide bonds. The first-order chi connectivity index (χ1) is 7.56. The third-order valence-electron chi connectivity index (χ3n) is 2.36. The van der Waals surface area contributed by atoms with E-state index in [1.54, 1.807) is 0 Å². The Morgan fingerprint density at radius 1 is 1.56 bits per heavy atom. The highest BCUT2D eigenvalue weighted by Gasteiger charge is 2.14. The number of benzene rings is 1. The van der Waals surface area contributed by atoms with E-state index < -0.39 is 0 Å². The Kier molecular flexibility index (Phi) is 6.00. The molecule has 3 heteroatoms. The summed E-state index contributed by atoms with van der Waals surface area (Å²) in [4.78, 5) is 0. The lowest BCUT2D eigenvalue weighted by Gasteiger charge is -2.20. The Bertz CT molecular complexity index is 376. The Hall–Kier alpha value is 0.130. The number of hydrogen-bond donors (Lipinski definition) is 1. The van der Waals surface area contributed by atoms with Gasteiger partial charge in [0.1, 0.15) is 0 Å². The highest BCUT2D eigenvalue weighted by Crippen LogP contribution is 2.29. The number of rotatable bonds is 5. The van der Waals surface area contributed by atoms with Crippen molar-refractivity contribution in [2.45, 2.75) is 26.3 Å². The van der Waals surface area contributed by atoms with Crippen LogP contribution < -0.4 is 5.32 Å². The van der Waals surface area contributed by atoms with Crippen LogP contribution in [0.1, 0.15) is 31.9 Å². The Labute approximate surface area is 120 Å². The molecule has 1 aromatic carbocycles. The van der Waals surface area contributed by atoms with Crippen LogP contribution in [0.4, 0.5) is 0 Å². The van der Waals surface area contributed by atoms with Gasteiger partial charge in [-0.2, -0.15) is 0 Å². The normalized spacial score (nSPS) is 12.5. The van der Waals surface area contributed by atoms with Crippen LogP contribution in [0, 0.1) is 3.57 Å². The van der Waals surface area contributed by atoms with E-state index in [1.807, 2.05) is 0 Å². The summed E-state index contributed by atoms with van der Waals surface area (Å²) in [6, 6.07) is 6.64. The topological polar surface area (TPSA) is 12.0 Å². The molecule has 0 saturated carbocycles. The van der Waals surface area contributed by atoms with Gasteiger partial charge in [0.2, 0.25) is 0 Å². The average Bonchev–Trinajstić information content (AvgIpc) is 2.23. The molecule has 1 aromatic rings. The fraction of sp³-hybridized carbons (Fsp3) is 0.385. The quantitative estimate of drug-likeness (QED) is 0.566. The number of hydrogen-bond acceptors (Lipinski definition) is 1. The highest BCUT2D eigenvalue weighted by atomic mass is 127. The lowest BCUT2D eigenvalue weighted by molar-refractivity contribution is 0.589. The molecule has 0 radical (unpaired) electrons. The summed E-state index contributed by atoms with van der Waals surface area (Å²) in [6.45, 7) is 9.32. The van der Waals surface area contributed by atoms with Gasteiger partial charge in [-0.25, -0.2) is 0 Å². The van der Waals surface area contributed by atoms with Crippen molar-refractivity contribution < 1.29 is 0 Å². The Morgan fingerprint density at radius 3 is 2.81 bits per heavy atom. The lowest BCUT2D eigenvalue weighted by Crippen LogP contribution is -2.23. The van der Waals surface area contributed by atoms with Crippen molar-refractivity contribution in [2.75, 3.05) is 6.54 Å². The maximum Gasteiger partial charge on any atom is 0.0542 e. The molecule has 1 rings (SSSR count). The maximum atomic E-state index is 4.07. The molecule has 0 heterocycles. The summed E-state index contributed by atoms with van der Waals surface area (Å²) in [5, 5.41) is 3.52. The molecule has 1 N–H and O–H groups in total.